The van der Waals surface area contributed by atoms with Gasteiger partial charge in [0, 0.05) is 12.1 Å². The molecule has 1 rings (SSSR count). The molecular formula is C13H23NO2. The second-order valence-electron chi connectivity index (χ2n) is 4.98. The molecule has 3 heteroatoms. The molecule has 0 saturated carbocycles. The zero-order valence-electron chi connectivity index (χ0n) is 11.0. The van der Waals surface area contributed by atoms with Gasteiger partial charge < -0.3 is 14.5 Å². The Labute approximate surface area is 98.2 Å². The summed E-state index contributed by atoms with van der Waals surface area (Å²) in [4.78, 5) is 0. The smallest absolute Gasteiger partial charge is 0.130 e. The highest BCUT2D eigenvalue weighted by atomic mass is 16.5. The maximum absolute atomic E-state index is 5.67. The van der Waals surface area contributed by atoms with Crippen LogP contribution in [-0.2, 0) is 17.9 Å². The van der Waals surface area contributed by atoms with Crippen LogP contribution < -0.4 is 5.32 Å². The third kappa shape index (κ3) is 4.37. The van der Waals surface area contributed by atoms with Crippen molar-refractivity contribution in [3.63, 3.8) is 0 Å². The highest BCUT2D eigenvalue weighted by molar-refractivity contribution is 5.20. The van der Waals surface area contributed by atoms with Gasteiger partial charge in [0.05, 0.1) is 5.60 Å². The molecule has 92 valence electrons. The first-order chi connectivity index (χ1) is 7.42. The maximum Gasteiger partial charge on any atom is 0.130 e. The van der Waals surface area contributed by atoms with Crippen LogP contribution in [0.2, 0.25) is 0 Å². The minimum Gasteiger partial charge on any atom is -0.464 e. The van der Waals surface area contributed by atoms with E-state index in [9.17, 15) is 0 Å². The monoisotopic (exact) mass is 225 g/mol. The van der Waals surface area contributed by atoms with Crippen molar-refractivity contribution in [3.05, 3.63) is 23.2 Å². The van der Waals surface area contributed by atoms with Gasteiger partial charge in [-0.1, -0.05) is 6.92 Å². The highest BCUT2D eigenvalue weighted by Crippen LogP contribution is 2.18. The highest BCUT2D eigenvalue weighted by Gasteiger charge is 2.13. The molecule has 0 aliphatic carbocycles. The van der Waals surface area contributed by atoms with Crippen LogP contribution in [0.15, 0.2) is 10.5 Å². The molecule has 0 amide bonds. The van der Waals surface area contributed by atoms with Gasteiger partial charge in [-0.2, -0.15) is 0 Å². The Hall–Kier alpha value is -0.800. The summed E-state index contributed by atoms with van der Waals surface area (Å²) < 4.78 is 11.3. The van der Waals surface area contributed by atoms with Crippen LogP contribution in [-0.4, -0.2) is 12.1 Å². The van der Waals surface area contributed by atoms with Gasteiger partial charge in [-0.3, -0.25) is 0 Å². The predicted octanol–water partition coefficient (Wildman–Crippen LogP) is 3.01. The standard InChI is InChI=1S/C13H23NO2/c1-6-14-8-11-7-12(16-10(11)2)9-15-13(3,4)5/h7,14H,6,8-9H2,1-5H3. The predicted molar refractivity (Wildman–Crippen MR) is 65.4 cm³/mol. The topological polar surface area (TPSA) is 34.4 Å². The van der Waals surface area contributed by atoms with Crippen LogP contribution in [0, 0.1) is 6.92 Å². The Morgan fingerprint density at radius 1 is 1.38 bits per heavy atom. The van der Waals surface area contributed by atoms with E-state index in [1.54, 1.807) is 0 Å². The molecule has 0 fully saturated rings. The molecule has 1 aromatic heterocycles. The van der Waals surface area contributed by atoms with E-state index in [2.05, 4.69) is 18.3 Å². The lowest BCUT2D eigenvalue weighted by molar-refractivity contribution is -0.0226. The Kier molecular flexibility index (Phi) is 4.56. The summed E-state index contributed by atoms with van der Waals surface area (Å²) in [7, 11) is 0. The maximum atomic E-state index is 5.67. The lowest BCUT2D eigenvalue weighted by Crippen LogP contribution is -2.18. The number of hydrogen-bond donors (Lipinski definition) is 1. The van der Waals surface area contributed by atoms with E-state index < -0.39 is 0 Å². The third-order valence-corrected chi connectivity index (χ3v) is 2.28. The lowest BCUT2D eigenvalue weighted by Gasteiger charge is -2.18. The summed E-state index contributed by atoms with van der Waals surface area (Å²) in [5, 5.41) is 3.29. The first-order valence-electron chi connectivity index (χ1n) is 5.85. The molecule has 0 bridgehead atoms. The normalized spacial score (nSPS) is 12.1. The number of rotatable bonds is 5. The fraction of sp³-hybridized carbons (Fsp3) is 0.692. The van der Waals surface area contributed by atoms with Crippen molar-refractivity contribution in [2.75, 3.05) is 6.54 Å². The van der Waals surface area contributed by atoms with Crippen LogP contribution >= 0.6 is 0 Å². The SMILES string of the molecule is CCNCc1cc(COC(C)(C)C)oc1C. The average Bonchev–Trinajstić information content (AvgIpc) is 2.52. The average molecular weight is 225 g/mol. The van der Waals surface area contributed by atoms with Crippen LogP contribution in [0.3, 0.4) is 0 Å². The quantitative estimate of drug-likeness (QED) is 0.836. The van der Waals surface area contributed by atoms with Gasteiger partial charge in [-0.05, 0) is 40.3 Å². The summed E-state index contributed by atoms with van der Waals surface area (Å²) in [6.45, 7) is 12.6. The van der Waals surface area contributed by atoms with Gasteiger partial charge in [0.1, 0.15) is 18.1 Å². The minimum atomic E-state index is -0.122. The van der Waals surface area contributed by atoms with E-state index in [0.29, 0.717) is 6.61 Å². The summed E-state index contributed by atoms with van der Waals surface area (Å²) in [6, 6.07) is 2.07. The van der Waals surface area contributed by atoms with Crippen molar-refractivity contribution >= 4 is 0 Å². The van der Waals surface area contributed by atoms with Crippen LogP contribution in [0.5, 0.6) is 0 Å². The summed E-state index contributed by atoms with van der Waals surface area (Å²) in [6.07, 6.45) is 0. The molecule has 1 aromatic rings. The van der Waals surface area contributed by atoms with Crippen LogP contribution in [0.25, 0.3) is 0 Å². The van der Waals surface area contributed by atoms with Crippen LogP contribution in [0.4, 0.5) is 0 Å². The van der Waals surface area contributed by atoms with Crippen molar-refractivity contribution < 1.29 is 9.15 Å². The summed E-state index contributed by atoms with van der Waals surface area (Å²) in [5.41, 5.74) is 1.09. The van der Waals surface area contributed by atoms with E-state index in [-0.39, 0.29) is 5.60 Å². The molecule has 1 N–H and O–H groups in total. The Bertz CT molecular complexity index is 323. The molecule has 0 aliphatic rings. The van der Waals surface area contributed by atoms with Gasteiger partial charge >= 0.3 is 0 Å². The van der Waals surface area contributed by atoms with Crippen molar-refractivity contribution in [1.29, 1.82) is 0 Å². The summed E-state index contributed by atoms with van der Waals surface area (Å²) in [5.74, 6) is 1.88. The molecule has 0 spiro atoms. The molecule has 0 atom stereocenters. The van der Waals surface area contributed by atoms with Crippen molar-refractivity contribution in [1.82, 2.24) is 5.32 Å². The van der Waals surface area contributed by atoms with Gasteiger partial charge in [-0.25, -0.2) is 0 Å². The third-order valence-electron chi connectivity index (χ3n) is 2.28. The van der Waals surface area contributed by atoms with Gasteiger partial charge in [0.2, 0.25) is 0 Å². The number of ether oxygens (including phenoxy) is 1. The minimum absolute atomic E-state index is 0.122. The van der Waals surface area contributed by atoms with Crippen molar-refractivity contribution in [2.24, 2.45) is 0 Å². The molecule has 16 heavy (non-hydrogen) atoms. The first-order valence-corrected chi connectivity index (χ1v) is 5.85. The number of nitrogens with one attached hydrogen (secondary N) is 1. The molecular weight excluding hydrogens is 202 g/mol. The molecule has 0 saturated heterocycles. The first kappa shape index (κ1) is 13.3. The van der Waals surface area contributed by atoms with Gasteiger partial charge in [-0.15, -0.1) is 0 Å². The van der Waals surface area contributed by atoms with Crippen molar-refractivity contribution in [2.45, 2.75) is 53.4 Å². The molecule has 3 nitrogen and oxygen atoms in total. The van der Waals surface area contributed by atoms with Crippen molar-refractivity contribution in [3.8, 4) is 0 Å². The second-order valence-corrected chi connectivity index (χ2v) is 4.98. The molecule has 0 unspecified atom stereocenters. The van der Waals surface area contributed by atoms with E-state index in [1.165, 1.54) is 5.56 Å². The fourth-order valence-electron chi connectivity index (χ4n) is 1.38. The van der Waals surface area contributed by atoms with Gasteiger partial charge in [0.15, 0.2) is 0 Å². The molecule has 0 aromatic carbocycles. The largest absolute Gasteiger partial charge is 0.464 e. The lowest BCUT2D eigenvalue weighted by atomic mass is 10.2. The van der Waals surface area contributed by atoms with E-state index in [1.807, 2.05) is 27.7 Å². The Balaban J connectivity index is 2.55. The number of aryl methyl sites for hydroxylation is 1. The zero-order chi connectivity index (χ0) is 12.2. The second kappa shape index (κ2) is 5.51. The molecule has 0 radical (unpaired) electrons. The van der Waals surface area contributed by atoms with Gasteiger partial charge in [0.25, 0.3) is 0 Å². The van der Waals surface area contributed by atoms with E-state index in [0.717, 1.165) is 24.6 Å². The summed E-state index contributed by atoms with van der Waals surface area (Å²) >= 11 is 0. The molecule has 1 heterocycles. The Morgan fingerprint density at radius 3 is 2.62 bits per heavy atom. The number of hydrogen-bond acceptors (Lipinski definition) is 3. The molecule has 0 aliphatic heterocycles. The van der Waals surface area contributed by atoms with E-state index in [4.69, 9.17) is 9.15 Å². The van der Waals surface area contributed by atoms with E-state index >= 15 is 0 Å². The fourth-order valence-corrected chi connectivity index (χ4v) is 1.38. The van der Waals surface area contributed by atoms with Crippen LogP contribution in [0.1, 0.15) is 44.8 Å². The Morgan fingerprint density at radius 2 is 2.06 bits per heavy atom. The zero-order valence-corrected chi connectivity index (χ0v) is 11.0. The number of furan rings is 1.